The number of nitro groups is 1. The maximum Gasteiger partial charge on any atom is 0.353 e. The number of nitrogens with one attached hydrogen (secondary N) is 1. The van der Waals surface area contributed by atoms with Gasteiger partial charge in [0.25, 0.3) is 0 Å². The number of hydrogen-bond acceptors (Lipinski definition) is 8. The predicted octanol–water partition coefficient (Wildman–Crippen LogP) is -1.08. The van der Waals surface area contributed by atoms with Crippen molar-refractivity contribution in [1.29, 1.82) is 0 Å². The van der Waals surface area contributed by atoms with Crippen molar-refractivity contribution >= 4 is 23.3 Å². The highest BCUT2D eigenvalue weighted by atomic mass is 16.6. The lowest BCUT2D eigenvalue weighted by atomic mass is 10.2. The summed E-state index contributed by atoms with van der Waals surface area (Å²) in [4.78, 5) is 25.1. The van der Waals surface area contributed by atoms with Crippen molar-refractivity contribution in [3.63, 3.8) is 0 Å². The fraction of sp³-hybridized carbons (Fsp3) is 0.733. The van der Waals surface area contributed by atoms with Gasteiger partial charge in [-0.15, -0.1) is 0 Å². The minimum atomic E-state index is -0.482. The zero-order valence-electron chi connectivity index (χ0n) is 14.9. The van der Waals surface area contributed by atoms with Crippen LogP contribution in [0.1, 0.15) is 13.8 Å². The average molecular weight is 352 g/mol. The van der Waals surface area contributed by atoms with E-state index in [9.17, 15) is 10.1 Å². The molecule has 138 valence electrons. The monoisotopic (exact) mass is 352 g/mol. The van der Waals surface area contributed by atoms with Crippen LogP contribution >= 0.6 is 0 Å². The van der Waals surface area contributed by atoms with Crippen LogP contribution < -0.4 is 20.4 Å². The quantitative estimate of drug-likeness (QED) is 0.521. The van der Waals surface area contributed by atoms with Gasteiger partial charge in [-0.2, -0.15) is 9.97 Å². The number of quaternary nitrogens is 1. The van der Waals surface area contributed by atoms with E-state index in [4.69, 9.17) is 10.5 Å². The van der Waals surface area contributed by atoms with Gasteiger partial charge in [0.2, 0.25) is 17.6 Å². The maximum atomic E-state index is 11.5. The first-order chi connectivity index (χ1) is 11.8. The Balaban J connectivity index is 1.97. The third-order valence-electron chi connectivity index (χ3n) is 4.68. The van der Waals surface area contributed by atoms with E-state index in [1.54, 1.807) is 0 Å². The number of morpholine rings is 1. The fourth-order valence-electron chi connectivity index (χ4n) is 3.43. The van der Waals surface area contributed by atoms with Crippen molar-refractivity contribution < 1.29 is 14.6 Å². The molecule has 10 heteroatoms. The summed E-state index contributed by atoms with van der Waals surface area (Å²) in [5, 5.41) is 11.5. The Bertz CT molecular complexity index is 638. The van der Waals surface area contributed by atoms with E-state index in [0.717, 1.165) is 13.1 Å². The summed E-state index contributed by atoms with van der Waals surface area (Å²) in [6, 6.07) is 0. The van der Waals surface area contributed by atoms with Crippen molar-refractivity contribution in [1.82, 2.24) is 9.97 Å². The third kappa shape index (κ3) is 3.74. The molecule has 0 unspecified atom stereocenters. The first kappa shape index (κ1) is 17.6. The minimum Gasteiger partial charge on any atom is -0.378 e. The average Bonchev–Trinajstić information content (AvgIpc) is 2.53. The topological polar surface area (TPSA) is 115 Å². The highest BCUT2D eigenvalue weighted by molar-refractivity contribution is 5.71. The number of aromatic nitrogens is 2. The summed E-state index contributed by atoms with van der Waals surface area (Å²) < 4.78 is 5.74. The lowest BCUT2D eigenvalue weighted by Gasteiger charge is -2.36. The molecular formula is C15H26N7O3+. The number of nitrogen functional groups attached to an aromatic ring is 1. The van der Waals surface area contributed by atoms with Gasteiger partial charge in [0.1, 0.15) is 0 Å². The first-order valence-electron chi connectivity index (χ1n) is 8.63. The Kier molecular flexibility index (Phi) is 4.91. The van der Waals surface area contributed by atoms with Crippen LogP contribution in [0.3, 0.4) is 0 Å². The first-order valence-corrected chi connectivity index (χ1v) is 8.63. The lowest BCUT2D eigenvalue weighted by Crippen LogP contribution is -3.12. The van der Waals surface area contributed by atoms with Crippen LogP contribution in [0.5, 0.6) is 0 Å². The van der Waals surface area contributed by atoms with Crippen LogP contribution in [0.15, 0.2) is 0 Å². The molecular weight excluding hydrogens is 326 g/mol. The van der Waals surface area contributed by atoms with E-state index in [0.29, 0.717) is 37.9 Å². The molecule has 1 aromatic rings. The molecule has 2 saturated heterocycles. The fourth-order valence-corrected chi connectivity index (χ4v) is 3.43. The van der Waals surface area contributed by atoms with Gasteiger partial charge in [0.05, 0.1) is 50.4 Å². The van der Waals surface area contributed by atoms with Gasteiger partial charge in [-0.05, 0) is 13.8 Å². The standard InChI is InChI=1S/C15H25N7O3/c1-10-8-21(9-11(2)25-10)15-17-13(16)12(22(23)24)14(18-15)20-6-4-19(3)5-7-20/h10-11H,4-9H2,1-3H3,(H2,16,17,18)/p+1/t10-,11+. The molecule has 2 fully saturated rings. The number of rotatable bonds is 3. The summed E-state index contributed by atoms with van der Waals surface area (Å²) in [6.07, 6.45) is 0.0823. The molecule has 0 aromatic carbocycles. The molecule has 0 bridgehead atoms. The largest absolute Gasteiger partial charge is 0.378 e. The van der Waals surface area contributed by atoms with Crippen molar-refractivity contribution in [2.24, 2.45) is 0 Å². The molecule has 3 heterocycles. The van der Waals surface area contributed by atoms with Crippen LogP contribution in [0.2, 0.25) is 0 Å². The van der Waals surface area contributed by atoms with Gasteiger partial charge in [0, 0.05) is 13.1 Å². The number of nitrogens with two attached hydrogens (primary N) is 1. The van der Waals surface area contributed by atoms with E-state index in [1.807, 2.05) is 23.6 Å². The van der Waals surface area contributed by atoms with Crippen molar-refractivity contribution in [2.45, 2.75) is 26.1 Å². The second-order valence-corrected chi connectivity index (χ2v) is 6.94. The van der Waals surface area contributed by atoms with E-state index >= 15 is 0 Å². The van der Waals surface area contributed by atoms with Crippen LogP contribution in [0, 0.1) is 10.1 Å². The molecule has 2 aliphatic heterocycles. The van der Waals surface area contributed by atoms with Gasteiger partial charge >= 0.3 is 5.69 Å². The van der Waals surface area contributed by atoms with E-state index in [1.165, 1.54) is 4.90 Å². The van der Waals surface area contributed by atoms with Crippen molar-refractivity contribution in [3.8, 4) is 0 Å². The second-order valence-electron chi connectivity index (χ2n) is 6.94. The summed E-state index contributed by atoms with van der Waals surface area (Å²) >= 11 is 0. The lowest BCUT2D eigenvalue weighted by molar-refractivity contribution is -0.880. The molecule has 25 heavy (non-hydrogen) atoms. The van der Waals surface area contributed by atoms with Gasteiger partial charge in [-0.25, -0.2) is 0 Å². The maximum absolute atomic E-state index is 11.5. The molecule has 0 radical (unpaired) electrons. The number of nitrogens with zero attached hydrogens (tertiary/aromatic N) is 5. The van der Waals surface area contributed by atoms with Crippen LogP contribution in [0.25, 0.3) is 0 Å². The van der Waals surface area contributed by atoms with Gasteiger partial charge in [-0.1, -0.05) is 0 Å². The summed E-state index contributed by atoms with van der Waals surface area (Å²) in [7, 11) is 2.11. The molecule has 0 saturated carbocycles. The summed E-state index contributed by atoms with van der Waals surface area (Å²) in [5.41, 5.74) is 5.75. The SMILES string of the molecule is C[C@@H]1CN(c2nc(N)c([N+](=O)[O-])c(N3CC[NH+](C)CC3)n2)C[C@H](C)O1. The Morgan fingerprint density at radius 1 is 1.20 bits per heavy atom. The van der Waals surface area contributed by atoms with Crippen molar-refractivity contribution in [2.75, 3.05) is 61.8 Å². The number of likely N-dealkylation sites (N-methyl/N-ethyl adjacent to an activating group) is 1. The zero-order valence-corrected chi connectivity index (χ0v) is 14.9. The van der Waals surface area contributed by atoms with E-state index in [-0.39, 0.29) is 23.7 Å². The smallest absolute Gasteiger partial charge is 0.353 e. The highest BCUT2D eigenvalue weighted by Crippen LogP contribution is 2.33. The molecule has 0 amide bonds. The molecule has 0 aliphatic carbocycles. The van der Waals surface area contributed by atoms with Gasteiger partial charge in [-0.3, -0.25) is 10.1 Å². The van der Waals surface area contributed by atoms with Gasteiger partial charge < -0.3 is 25.2 Å². The molecule has 3 N–H and O–H groups in total. The molecule has 2 aliphatic rings. The Hall–Kier alpha value is -2.20. The van der Waals surface area contributed by atoms with E-state index < -0.39 is 4.92 Å². The molecule has 2 atom stereocenters. The van der Waals surface area contributed by atoms with Crippen LogP contribution in [-0.4, -0.2) is 73.4 Å². The molecule has 0 spiro atoms. The zero-order chi connectivity index (χ0) is 18.1. The third-order valence-corrected chi connectivity index (χ3v) is 4.68. The Labute approximate surface area is 146 Å². The number of piperazine rings is 1. The number of hydrogen-bond donors (Lipinski definition) is 2. The minimum absolute atomic E-state index is 0.0412. The number of anilines is 3. The normalized spacial score (nSPS) is 25.2. The highest BCUT2D eigenvalue weighted by Gasteiger charge is 2.32. The molecule has 3 rings (SSSR count). The summed E-state index contributed by atoms with van der Waals surface area (Å²) in [5.74, 6) is 0.682. The van der Waals surface area contributed by atoms with Gasteiger partial charge in [0.15, 0.2) is 0 Å². The molecule has 1 aromatic heterocycles. The Morgan fingerprint density at radius 3 is 2.36 bits per heavy atom. The second kappa shape index (κ2) is 6.96. The van der Waals surface area contributed by atoms with Crippen molar-refractivity contribution in [3.05, 3.63) is 10.1 Å². The number of ether oxygens (including phenoxy) is 1. The van der Waals surface area contributed by atoms with Crippen LogP contribution in [0.4, 0.5) is 23.3 Å². The molecule has 10 nitrogen and oxygen atoms in total. The summed E-state index contributed by atoms with van der Waals surface area (Å²) in [6.45, 7) is 8.46. The van der Waals surface area contributed by atoms with Crippen LogP contribution in [-0.2, 0) is 4.74 Å². The van der Waals surface area contributed by atoms with E-state index in [2.05, 4.69) is 17.0 Å². The predicted molar refractivity (Wildman–Crippen MR) is 94.2 cm³/mol. The Morgan fingerprint density at radius 2 is 1.80 bits per heavy atom.